The number of amides is 3. The Labute approximate surface area is 141 Å². The molecule has 0 spiro atoms. The van der Waals surface area contributed by atoms with E-state index >= 15 is 0 Å². The number of anilines is 1. The molecule has 7 nitrogen and oxygen atoms in total. The van der Waals surface area contributed by atoms with Crippen LogP contribution in [0.2, 0.25) is 0 Å². The predicted octanol–water partition coefficient (Wildman–Crippen LogP) is 0.353. The molecule has 0 fully saturated rings. The molecule has 3 amide bonds. The van der Waals surface area contributed by atoms with Crippen molar-refractivity contribution in [2.45, 2.75) is 26.3 Å². The summed E-state index contributed by atoms with van der Waals surface area (Å²) in [5, 5.41) is 5.20. The SMILES string of the molecule is CC(C)[C@H](N)C(=O)NCC(=O)Nc1ccc2c(c1)C(=O)N(C)CC2. The summed E-state index contributed by atoms with van der Waals surface area (Å²) in [7, 11) is 1.75. The van der Waals surface area contributed by atoms with Gasteiger partial charge in [0, 0.05) is 24.8 Å². The van der Waals surface area contributed by atoms with E-state index in [4.69, 9.17) is 5.73 Å². The van der Waals surface area contributed by atoms with Gasteiger partial charge in [-0.25, -0.2) is 0 Å². The van der Waals surface area contributed by atoms with E-state index < -0.39 is 6.04 Å². The Balaban J connectivity index is 1.95. The van der Waals surface area contributed by atoms with Crippen LogP contribution in [0.1, 0.15) is 29.8 Å². The van der Waals surface area contributed by atoms with E-state index in [1.54, 1.807) is 24.1 Å². The van der Waals surface area contributed by atoms with Crippen LogP contribution in [0.25, 0.3) is 0 Å². The van der Waals surface area contributed by atoms with Crippen LogP contribution in [0.15, 0.2) is 18.2 Å². The summed E-state index contributed by atoms with van der Waals surface area (Å²) < 4.78 is 0. The first kappa shape index (κ1) is 17.9. The van der Waals surface area contributed by atoms with Gasteiger partial charge in [-0.15, -0.1) is 0 Å². The number of nitrogens with one attached hydrogen (secondary N) is 2. The molecule has 0 saturated heterocycles. The number of hydrogen-bond donors (Lipinski definition) is 3. The second kappa shape index (κ2) is 7.44. The van der Waals surface area contributed by atoms with E-state index in [9.17, 15) is 14.4 Å². The fourth-order valence-electron chi connectivity index (χ4n) is 2.46. The van der Waals surface area contributed by atoms with E-state index in [1.807, 2.05) is 19.9 Å². The highest BCUT2D eigenvalue weighted by atomic mass is 16.2. The molecular formula is C17H24N4O3. The smallest absolute Gasteiger partial charge is 0.253 e. The average Bonchev–Trinajstić information content (AvgIpc) is 2.55. The number of carbonyl (C=O) groups excluding carboxylic acids is 3. The fraction of sp³-hybridized carbons (Fsp3) is 0.471. The lowest BCUT2D eigenvalue weighted by Gasteiger charge is -2.25. The first-order chi connectivity index (χ1) is 11.3. The maximum Gasteiger partial charge on any atom is 0.253 e. The number of nitrogens with two attached hydrogens (primary N) is 1. The van der Waals surface area contributed by atoms with E-state index in [0.717, 1.165) is 12.0 Å². The largest absolute Gasteiger partial charge is 0.346 e. The Kier molecular flexibility index (Phi) is 5.56. The standard InChI is InChI=1S/C17H24N4O3/c1-10(2)15(18)16(23)19-9-14(22)20-12-5-4-11-6-7-21(3)17(24)13(11)8-12/h4-5,8,10,15H,6-7,9,18H2,1-3H3,(H,19,23)(H,20,22)/t15-/m0/s1. The molecular weight excluding hydrogens is 308 g/mol. The lowest BCUT2D eigenvalue weighted by atomic mass is 9.99. The van der Waals surface area contributed by atoms with Crippen molar-refractivity contribution in [1.82, 2.24) is 10.2 Å². The monoisotopic (exact) mass is 332 g/mol. The second-order valence-electron chi connectivity index (χ2n) is 6.38. The lowest BCUT2D eigenvalue weighted by Crippen LogP contribution is -2.46. The highest BCUT2D eigenvalue weighted by Gasteiger charge is 2.22. The Bertz CT molecular complexity index is 657. The molecule has 1 heterocycles. The highest BCUT2D eigenvalue weighted by molar-refractivity contribution is 6.00. The van der Waals surface area contributed by atoms with Crippen LogP contribution in [0.4, 0.5) is 5.69 Å². The third-order valence-electron chi connectivity index (χ3n) is 4.13. The van der Waals surface area contributed by atoms with Gasteiger partial charge in [0.1, 0.15) is 0 Å². The zero-order chi connectivity index (χ0) is 17.9. The number of benzene rings is 1. The first-order valence-corrected chi connectivity index (χ1v) is 8.01. The van der Waals surface area contributed by atoms with Crippen molar-refractivity contribution >= 4 is 23.4 Å². The van der Waals surface area contributed by atoms with Crippen molar-refractivity contribution in [3.63, 3.8) is 0 Å². The number of likely N-dealkylation sites (N-methyl/N-ethyl adjacent to an activating group) is 1. The Morgan fingerprint density at radius 3 is 2.71 bits per heavy atom. The third-order valence-corrected chi connectivity index (χ3v) is 4.13. The van der Waals surface area contributed by atoms with Crippen molar-refractivity contribution in [3.8, 4) is 0 Å². The predicted molar refractivity (Wildman–Crippen MR) is 91.6 cm³/mol. The Hall–Kier alpha value is -2.41. The van der Waals surface area contributed by atoms with Crippen LogP contribution in [0.3, 0.4) is 0 Å². The zero-order valence-corrected chi connectivity index (χ0v) is 14.3. The van der Waals surface area contributed by atoms with Gasteiger partial charge in [0.05, 0.1) is 12.6 Å². The highest BCUT2D eigenvalue weighted by Crippen LogP contribution is 2.21. The quantitative estimate of drug-likeness (QED) is 0.724. The molecule has 4 N–H and O–H groups in total. The number of rotatable bonds is 5. The van der Waals surface area contributed by atoms with Crippen LogP contribution < -0.4 is 16.4 Å². The summed E-state index contributed by atoms with van der Waals surface area (Å²) in [6.07, 6.45) is 0.801. The minimum absolute atomic E-state index is 0.00305. The van der Waals surface area contributed by atoms with E-state index in [0.29, 0.717) is 17.8 Å². The molecule has 24 heavy (non-hydrogen) atoms. The number of carbonyl (C=O) groups is 3. The normalized spacial score (nSPS) is 15.0. The van der Waals surface area contributed by atoms with Crippen LogP contribution in [-0.2, 0) is 16.0 Å². The maximum absolute atomic E-state index is 12.2. The molecule has 0 aromatic heterocycles. The minimum Gasteiger partial charge on any atom is -0.346 e. The number of fused-ring (bicyclic) bond motifs is 1. The van der Waals surface area contributed by atoms with Crippen LogP contribution in [0, 0.1) is 5.92 Å². The average molecular weight is 332 g/mol. The van der Waals surface area contributed by atoms with Gasteiger partial charge in [0.25, 0.3) is 5.91 Å². The molecule has 1 aliphatic heterocycles. The topological polar surface area (TPSA) is 105 Å². The molecule has 0 bridgehead atoms. The van der Waals surface area contributed by atoms with Gasteiger partial charge < -0.3 is 21.3 Å². The molecule has 130 valence electrons. The van der Waals surface area contributed by atoms with Crippen LogP contribution >= 0.6 is 0 Å². The fourth-order valence-corrected chi connectivity index (χ4v) is 2.46. The number of nitrogens with zero attached hydrogens (tertiary/aromatic N) is 1. The Morgan fingerprint density at radius 2 is 2.04 bits per heavy atom. The van der Waals surface area contributed by atoms with Gasteiger partial charge in [0.15, 0.2) is 0 Å². The Morgan fingerprint density at radius 1 is 1.33 bits per heavy atom. The van der Waals surface area contributed by atoms with Gasteiger partial charge in [-0.05, 0) is 30.0 Å². The lowest BCUT2D eigenvalue weighted by molar-refractivity contribution is -0.125. The molecule has 0 aliphatic carbocycles. The molecule has 1 aliphatic rings. The van der Waals surface area contributed by atoms with Crippen LogP contribution in [-0.4, -0.2) is 48.8 Å². The van der Waals surface area contributed by atoms with Crippen LogP contribution in [0.5, 0.6) is 0 Å². The molecule has 0 unspecified atom stereocenters. The van der Waals surface area contributed by atoms with Gasteiger partial charge in [0.2, 0.25) is 11.8 Å². The van der Waals surface area contributed by atoms with E-state index in [2.05, 4.69) is 10.6 Å². The second-order valence-corrected chi connectivity index (χ2v) is 6.38. The molecule has 1 aromatic rings. The van der Waals surface area contributed by atoms with Crippen molar-refractivity contribution in [1.29, 1.82) is 0 Å². The summed E-state index contributed by atoms with van der Waals surface area (Å²) in [6.45, 7) is 4.21. The van der Waals surface area contributed by atoms with Gasteiger partial charge in [-0.3, -0.25) is 14.4 Å². The van der Waals surface area contributed by atoms with Crippen molar-refractivity contribution in [3.05, 3.63) is 29.3 Å². The summed E-state index contributed by atoms with van der Waals surface area (Å²) in [6, 6.07) is 4.64. The molecule has 7 heteroatoms. The van der Waals surface area contributed by atoms with Gasteiger partial charge in [-0.2, -0.15) is 0 Å². The molecule has 1 aromatic carbocycles. The molecule has 0 radical (unpaired) electrons. The molecule has 0 saturated carbocycles. The van der Waals surface area contributed by atoms with Crippen molar-refractivity contribution in [2.75, 3.05) is 25.5 Å². The maximum atomic E-state index is 12.2. The summed E-state index contributed by atoms with van der Waals surface area (Å²) in [5.74, 6) is -0.779. The molecule has 1 atom stereocenters. The summed E-state index contributed by atoms with van der Waals surface area (Å²) >= 11 is 0. The van der Waals surface area contributed by atoms with Gasteiger partial charge >= 0.3 is 0 Å². The van der Waals surface area contributed by atoms with Crippen molar-refractivity contribution < 1.29 is 14.4 Å². The summed E-state index contributed by atoms with van der Waals surface area (Å²) in [4.78, 5) is 37.5. The van der Waals surface area contributed by atoms with E-state index in [1.165, 1.54) is 0 Å². The first-order valence-electron chi connectivity index (χ1n) is 8.01. The molecule has 2 rings (SSSR count). The number of hydrogen-bond acceptors (Lipinski definition) is 4. The minimum atomic E-state index is -0.644. The third kappa shape index (κ3) is 4.11. The zero-order valence-electron chi connectivity index (χ0n) is 14.3. The van der Waals surface area contributed by atoms with Gasteiger partial charge in [-0.1, -0.05) is 19.9 Å². The van der Waals surface area contributed by atoms with E-state index in [-0.39, 0.29) is 30.2 Å². The van der Waals surface area contributed by atoms with Crippen molar-refractivity contribution in [2.24, 2.45) is 11.7 Å². The summed E-state index contributed by atoms with van der Waals surface area (Å²) in [5.41, 5.74) is 7.83.